The Morgan fingerprint density at radius 1 is 1.28 bits per heavy atom. The average molecular weight is 251 g/mol. The van der Waals surface area contributed by atoms with E-state index in [4.69, 9.17) is 4.74 Å². The predicted octanol–water partition coefficient (Wildman–Crippen LogP) is 0.946. The molecule has 0 radical (unpaired) electrons. The fourth-order valence-corrected chi connectivity index (χ4v) is 2.10. The number of piperazine rings is 1. The smallest absolute Gasteiger partial charge is 0.134 e. The SMILES string of the molecule is CCOCCN1CCN(c2ccc(O)cn2)CC1. The molecule has 1 saturated heterocycles. The second-order valence-corrected chi connectivity index (χ2v) is 4.40. The molecule has 1 aromatic heterocycles. The van der Waals surface area contributed by atoms with Crippen LogP contribution in [0.1, 0.15) is 6.92 Å². The molecule has 100 valence electrons. The number of aromatic nitrogens is 1. The number of nitrogens with zero attached hydrogens (tertiary/aromatic N) is 3. The highest BCUT2D eigenvalue weighted by Gasteiger charge is 2.17. The van der Waals surface area contributed by atoms with E-state index in [2.05, 4.69) is 14.8 Å². The van der Waals surface area contributed by atoms with Crippen LogP contribution in [0.2, 0.25) is 0 Å². The second-order valence-electron chi connectivity index (χ2n) is 4.40. The topological polar surface area (TPSA) is 48.8 Å². The predicted molar refractivity (Wildman–Crippen MR) is 71.0 cm³/mol. The summed E-state index contributed by atoms with van der Waals surface area (Å²) in [6, 6.07) is 3.55. The minimum atomic E-state index is 0.217. The average Bonchev–Trinajstić information content (AvgIpc) is 2.41. The Labute approximate surface area is 108 Å². The summed E-state index contributed by atoms with van der Waals surface area (Å²) < 4.78 is 5.37. The molecule has 0 amide bonds. The molecule has 1 N–H and O–H groups in total. The van der Waals surface area contributed by atoms with E-state index in [1.165, 1.54) is 6.20 Å². The van der Waals surface area contributed by atoms with Gasteiger partial charge in [-0.15, -0.1) is 0 Å². The van der Waals surface area contributed by atoms with Crippen molar-refractivity contribution >= 4 is 5.82 Å². The standard InChI is InChI=1S/C13H21N3O2/c1-2-18-10-9-15-5-7-16(8-6-15)13-4-3-12(17)11-14-13/h3-4,11,17H,2,5-10H2,1H3. The second kappa shape index (κ2) is 6.56. The van der Waals surface area contributed by atoms with Crippen LogP contribution in [0.3, 0.4) is 0 Å². The van der Waals surface area contributed by atoms with Gasteiger partial charge >= 0.3 is 0 Å². The summed E-state index contributed by atoms with van der Waals surface area (Å²) >= 11 is 0. The lowest BCUT2D eigenvalue weighted by Gasteiger charge is -2.35. The van der Waals surface area contributed by atoms with Crippen LogP contribution in [0.25, 0.3) is 0 Å². The number of aromatic hydroxyl groups is 1. The molecule has 18 heavy (non-hydrogen) atoms. The lowest BCUT2D eigenvalue weighted by molar-refractivity contribution is 0.111. The quantitative estimate of drug-likeness (QED) is 0.789. The Kier molecular flexibility index (Phi) is 4.78. The monoisotopic (exact) mass is 251 g/mol. The maximum atomic E-state index is 9.21. The number of hydrogen-bond acceptors (Lipinski definition) is 5. The molecule has 1 aliphatic rings. The highest BCUT2D eigenvalue weighted by atomic mass is 16.5. The van der Waals surface area contributed by atoms with Crippen molar-refractivity contribution < 1.29 is 9.84 Å². The molecule has 0 saturated carbocycles. The maximum Gasteiger partial charge on any atom is 0.134 e. The van der Waals surface area contributed by atoms with Gasteiger partial charge in [0, 0.05) is 39.3 Å². The molecule has 1 fully saturated rings. The van der Waals surface area contributed by atoms with Crippen LogP contribution >= 0.6 is 0 Å². The van der Waals surface area contributed by atoms with Gasteiger partial charge in [-0.05, 0) is 19.1 Å². The summed E-state index contributed by atoms with van der Waals surface area (Å²) in [7, 11) is 0. The largest absolute Gasteiger partial charge is 0.506 e. The molecule has 0 bridgehead atoms. The lowest BCUT2D eigenvalue weighted by Crippen LogP contribution is -2.47. The van der Waals surface area contributed by atoms with Crippen LogP contribution in [-0.4, -0.2) is 60.9 Å². The third-order valence-electron chi connectivity index (χ3n) is 3.18. The molecule has 5 heteroatoms. The van der Waals surface area contributed by atoms with Crippen LogP contribution in [0.15, 0.2) is 18.3 Å². The lowest BCUT2D eigenvalue weighted by atomic mass is 10.3. The molecule has 0 aromatic carbocycles. The normalized spacial score (nSPS) is 17.1. The summed E-state index contributed by atoms with van der Waals surface area (Å²) in [5.41, 5.74) is 0. The van der Waals surface area contributed by atoms with E-state index in [1.54, 1.807) is 6.07 Å². The molecule has 1 aromatic rings. The number of rotatable bonds is 5. The Morgan fingerprint density at radius 3 is 2.67 bits per heavy atom. The third kappa shape index (κ3) is 3.58. The van der Waals surface area contributed by atoms with Crippen LogP contribution in [-0.2, 0) is 4.74 Å². The molecule has 2 rings (SSSR count). The van der Waals surface area contributed by atoms with Gasteiger partial charge in [-0.25, -0.2) is 4.98 Å². The van der Waals surface area contributed by atoms with Crippen LogP contribution in [0.5, 0.6) is 5.75 Å². The third-order valence-corrected chi connectivity index (χ3v) is 3.18. The summed E-state index contributed by atoms with van der Waals surface area (Å²) in [5.74, 6) is 1.16. The van der Waals surface area contributed by atoms with Gasteiger partial charge in [-0.1, -0.05) is 0 Å². The summed E-state index contributed by atoms with van der Waals surface area (Å²) in [6.45, 7) is 8.66. The molecule has 0 spiro atoms. The van der Waals surface area contributed by atoms with Gasteiger partial charge in [-0.3, -0.25) is 4.90 Å². The zero-order valence-corrected chi connectivity index (χ0v) is 10.9. The van der Waals surface area contributed by atoms with Gasteiger partial charge in [0.2, 0.25) is 0 Å². The summed E-state index contributed by atoms with van der Waals surface area (Å²) in [4.78, 5) is 8.89. The molecular weight excluding hydrogens is 230 g/mol. The van der Waals surface area contributed by atoms with E-state index < -0.39 is 0 Å². The van der Waals surface area contributed by atoms with E-state index in [1.807, 2.05) is 13.0 Å². The summed E-state index contributed by atoms with van der Waals surface area (Å²) in [6.07, 6.45) is 1.50. The fraction of sp³-hybridized carbons (Fsp3) is 0.615. The number of anilines is 1. The van der Waals surface area contributed by atoms with Crippen molar-refractivity contribution in [3.63, 3.8) is 0 Å². The minimum absolute atomic E-state index is 0.217. The first kappa shape index (κ1) is 13.1. The molecule has 0 atom stereocenters. The Hall–Kier alpha value is -1.33. The van der Waals surface area contributed by atoms with Crippen LogP contribution in [0.4, 0.5) is 5.82 Å². The van der Waals surface area contributed by atoms with Crippen LogP contribution in [0, 0.1) is 0 Å². The van der Waals surface area contributed by atoms with Gasteiger partial charge in [0.1, 0.15) is 11.6 Å². The van der Waals surface area contributed by atoms with E-state index in [-0.39, 0.29) is 5.75 Å². The number of ether oxygens (including phenoxy) is 1. The van der Waals surface area contributed by atoms with E-state index in [9.17, 15) is 5.11 Å². The van der Waals surface area contributed by atoms with Gasteiger partial charge in [0.25, 0.3) is 0 Å². The van der Waals surface area contributed by atoms with E-state index in [0.29, 0.717) is 0 Å². The zero-order chi connectivity index (χ0) is 12.8. The molecule has 5 nitrogen and oxygen atoms in total. The van der Waals surface area contributed by atoms with Crippen molar-refractivity contribution in [3.8, 4) is 5.75 Å². The Bertz CT molecular complexity index is 348. The van der Waals surface area contributed by atoms with Crippen molar-refractivity contribution in [2.45, 2.75) is 6.92 Å². The first-order valence-electron chi connectivity index (χ1n) is 6.49. The van der Waals surface area contributed by atoms with Gasteiger partial charge in [-0.2, -0.15) is 0 Å². The first-order chi connectivity index (χ1) is 8.79. The van der Waals surface area contributed by atoms with Crippen molar-refractivity contribution in [3.05, 3.63) is 18.3 Å². The molecule has 2 heterocycles. The van der Waals surface area contributed by atoms with E-state index in [0.717, 1.165) is 51.8 Å². The van der Waals surface area contributed by atoms with E-state index >= 15 is 0 Å². The first-order valence-corrected chi connectivity index (χ1v) is 6.49. The Balaban J connectivity index is 1.77. The summed E-state index contributed by atoms with van der Waals surface area (Å²) in [5, 5.41) is 9.21. The maximum absolute atomic E-state index is 9.21. The highest BCUT2D eigenvalue weighted by molar-refractivity contribution is 5.40. The highest BCUT2D eigenvalue weighted by Crippen LogP contribution is 2.16. The van der Waals surface area contributed by atoms with Gasteiger partial charge < -0.3 is 14.7 Å². The zero-order valence-electron chi connectivity index (χ0n) is 10.9. The number of pyridine rings is 1. The number of hydrogen-bond donors (Lipinski definition) is 1. The van der Waals surface area contributed by atoms with Crippen molar-refractivity contribution in [1.82, 2.24) is 9.88 Å². The van der Waals surface area contributed by atoms with Crippen LogP contribution < -0.4 is 4.90 Å². The molecule has 0 unspecified atom stereocenters. The van der Waals surface area contributed by atoms with Gasteiger partial charge in [0.15, 0.2) is 0 Å². The fourth-order valence-electron chi connectivity index (χ4n) is 2.10. The minimum Gasteiger partial charge on any atom is -0.506 e. The van der Waals surface area contributed by atoms with Crippen molar-refractivity contribution in [2.24, 2.45) is 0 Å². The van der Waals surface area contributed by atoms with Crippen molar-refractivity contribution in [1.29, 1.82) is 0 Å². The van der Waals surface area contributed by atoms with Crippen molar-refractivity contribution in [2.75, 3.05) is 50.8 Å². The molecule has 0 aliphatic carbocycles. The van der Waals surface area contributed by atoms with Gasteiger partial charge in [0.05, 0.1) is 12.8 Å². The molecular formula is C13H21N3O2. The Morgan fingerprint density at radius 2 is 2.06 bits per heavy atom. The molecule has 1 aliphatic heterocycles.